The monoisotopic (exact) mass is 414 g/mol. The molecule has 0 unspecified atom stereocenters. The SMILES string of the molecule is COc1cccc(CN(C(=O)CSc2ccc(C)cc2)[C@H](C)C(=O)NC(C)C)c1. The molecule has 6 heteroatoms. The summed E-state index contributed by atoms with van der Waals surface area (Å²) in [6.07, 6.45) is 0. The van der Waals surface area contributed by atoms with E-state index < -0.39 is 6.04 Å². The molecule has 0 aromatic heterocycles. The number of amides is 2. The minimum atomic E-state index is -0.574. The third-order valence-electron chi connectivity index (χ3n) is 4.47. The van der Waals surface area contributed by atoms with Crippen molar-refractivity contribution in [2.75, 3.05) is 12.9 Å². The molecule has 0 saturated carbocycles. The zero-order valence-electron chi connectivity index (χ0n) is 17.8. The molecular weight excluding hydrogens is 384 g/mol. The highest BCUT2D eigenvalue weighted by molar-refractivity contribution is 8.00. The largest absolute Gasteiger partial charge is 0.497 e. The fraction of sp³-hybridized carbons (Fsp3) is 0.391. The van der Waals surface area contributed by atoms with E-state index in [4.69, 9.17) is 4.74 Å². The lowest BCUT2D eigenvalue weighted by Gasteiger charge is -2.29. The molecule has 2 amide bonds. The molecule has 0 radical (unpaired) electrons. The molecule has 0 spiro atoms. The number of aryl methyl sites for hydroxylation is 1. The molecule has 0 saturated heterocycles. The first kappa shape index (κ1) is 22.8. The normalized spacial score (nSPS) is 11.8. The summed E-state index contributed by atoms with van der Waals surface area (Å²) in [5.41, 5.74) is 2.10. The lowest BCUT2D eigenvalue weighted by molar-refractivity contribution is -0.138. The standard InChI is InChI=1S/C23H30N2O3S/c1-16(2)24-23(27)18(4)25(14-19-7-6-8-20(13-19)28-5)22(26)15-29-21-11-9-17(3)10-12-21/h6-13,16,18H,14-15H2,1-5H3,(H,24,27)/t18-/m1/s1. The van der Waals surface area contributed by atoms with Gasteiger partial charge in [-0.05, 0) is 57.5 Å². The van der Waals surface area contributed by atoms with Gasteiger partial charge in [0.15, 0.2) is 0 Å². The van der Waals surface area contributed by atoms with Crippen LogP contribution >= 0.6 is 11.8 Å². The third kappa shape index (κ3) is 7.13. The van der Waals surface area contributed by atoms with Crippen molar-refractivity contribution < 1.29 is 14.3 Å². The summed E-state index contributed by atoms with van der Waals surface area (Å²) in [6, 6.07) is 15.1. The molecule has 0 aliphatic rings. The van der Waals surface area contributed by atoms with Gasteiger partial charge in [-0.2, -0.15) is 0 Å². The lowest BCUT2D eigenvalue weighted by Crippen LogP contribution is -2.49. The summed E-state index contributed by atoms with van der Waals surface area (Å²) < 4.78 is 5.29. The van der Waals surface area contributed by atoms with Crippen LogP contribution in [-0.4, -0.2) is 41.7 Å². The van der Waals surface area contributed by atoms with Gasteiger partial charge in [-0.15, -0.1) is 11.8 Å². The number of carbonyl (C=O) groups excluding carboxylic acids is 2. The summed E-state index contributed by atoms with van der Waals surface area (Å²) >= 11 is 1.48. The van der Waals surface area contributed by atoms with Gasteiger partial charge >= 0.3 is 0 Å². The number of ether oxygens (including phenoxy) is 1. The first-order valence-corrected chi connectivity index (χ1v) is 10.7. The Morgan fingerprint density at radius 3 is 2.41 bits per heavy atom. The first-order chi connectivity index (χ1) is 13.8. The predicted molar refractivity (Wildman–Crippen MR) is 118 cm³/mol. The Morgan fingerprint density at radius 2 is 1.79 bits per heavy atom. The summed E-state index contributed by atoms with van der Waals surface area (Å²) in [5, 5.41) is 2.90. The van der Waals surface area contributed by atoms with Crippen LogP contribution in [0.4, 0.5) is 0 Å². The average molecular weight is 415 g/mol. The number of carbonyl (C=O) groups is 2. The van der Waals surface area contributed by atoms with Crippen molar-refractivity contribution >= 4 is 23.6 Å². The van der Waals surface area contributed by atoms with Crippen LogP contribution in [0.5, 0.6) is 5.75 Å². The van der Waals surface area contributed by atoms with E-state index in [0.29, 0.717) is 6.54 Å². The molecule has 0 aliphatic carbocycles. The zero-order valence-corrected chi connectivity index (χ0v) is 18.6. The molecule has 2 rings (SSSR count). The number of hydrogen-bond acceptors (Lipinski definition) is 4. The van der Waals surface area contributed by atoms with Crippen molar-refractivity contribution in [3.05, 3.63) is 59.7 Å². The molecule has 5 nitrogen and oxygen atoms in total. The van der Waals surface area contributed by atoms with Gasteiger partial charge in [-0.25, -0.2) is 0 Å². The predicted octanol–water partition coefficient (Wildman–Crippen LogP) is 4.04. The van der Waals surface area contributed by atoms with Crippen molar-refractivity contribution in [2.24, 2.45) is 0 Å². The number of nitrogens with one attached hydrogen (secondary N) is 1. The second kappa shape index (κ2) is 10.9. The van der Waals surface area contributed by atoms with Crippen LogP contribution in [0.2, 0.25) is 0 Å². The van der Waals surface area contributed by atoms with Gasteiger partial charge in [0.2, 0.25) is 11.8 Å². The van der Waals surface area contributed by atoms with E-state index in [9.17, 15) is 9.59 Å². The maximum atomic E-state index is 13.1. The summed E-state index contributed by atoms with van der Waals surface area (Å²) in [4.78, 5) is 28.3. The minimum Gasteiger partial charge on any atom is -0.497 e. The molecule has 0 aliphatic heterocycles. The van der Waals surface area contributed by atoms with Gasteiger partial charge in [-0.1, -0.05) is 29.8 Å². The molecule has 2 aromatic carbocycles. The van der Waals surface area contributed by atoms with Gasteiger partial charge < -0.3 is 15.0 Å². The topological polar surface area (TPSA) is 58.6 Å². The molecule has 0 bridgehead atoms. The van der Waals surface area contributed by atoms with Crippen molar-refractivity contribution in [1.29, 1.82) is 0 Å². The average Bonchev–Trinajstić information content (AvgIpc) is 2.70. The van der Waals surface area contributed by atoms with E-state index in [-0.39, 0.29) is 23.6 Å². The van der Waals surface area contributed by atoms with E-state index in [1.807, 2.05) is 69.3 Å². The first-order valence-electron chi connectivity index (χ1n) is 9.72. The fourth-order valence-electron chi connectivity index (χ4n) is 2.82. The van der Waals surface area contributed by atoms with E-state index in [0.717, 1.165) is 16.2 Å². The number of benzene rings is 2. The molecule has 29 heavy (non-hydrogen) atoms. The number of rotatable bonds is 9. The Labute approximate surface area is 177 Å². The Bertz CT molecular complexity index is 821. The van der Waals surface area contributed by atoms with E-state index in [1.54, 1.807) is 18.9 Å². The van der Waals surface area contributed by atoms with Gasteiger partial charge in [-0.3, -0.25) is 9.59 Å². The summed E-state index contributed by atoms with van der Waals surface area (Å²) in [6.45, 7) is 7.96. The molecule has 1 N–H and O–H groups in total. The summed E-state index contributed by atoms with van der Waals surface area (Å²) in [5.74, 6) is 0.761. The Morgan fingerprint density at radius 1 is 1.10 bits per heavy atom. The van der Waals surface area contributed by atoms with E-state index >= 15 is 0 Å². The van der Waals surface area contributed by atoms with Crippen LogP contribution < -0.4 is 10.1 Å². The molecule has 0 heterocycles. The van der Waals surface area contributed by atoms with Gasteiger partial charge in [0.25, 0.3) is 0 Å². The summed E-state index contributed by atoms with van der Waals surface area (Å²) in [7, 11) is 1.61. The maximum Gasteiger partial charge on any atom is 0.242 e. The Hall–Kier alpha value is -2.47. The van der Waals surface area contributed by atoms with Crippen molar-refractivity contribution in [3.63, 3.8) is 0 Å². The van der Waals surface area contributed by atoms with Crippen LogP contribution in [0.1, 0.15) is 31.9 Å². The fourth-order valence-corrected chi connectivity index (χ4v) is 3.60. The van der Waals surface area contributed by atoms with Gasteiger partial charge in [0.1, 0.15) is 11.8 Å². The quantitative estimate of drug-likeness (QED) is 0.629. The molecular formula is C23H30N2O3S. The van der Waals surface area contributed by atoms with Crippen LogP contribution in [0, 0.1) is 6.92 Å². The minimum absolute atomic E-state index is 0.0145. The number of methoxy groups -OCH3 is 1. The number of hydrogen-bond donors (Lipinski definition) is 1. The molecule has 0 fully saturated rings. The highest BCUT2D eigenvalue weighted by Crippen LogP contribution is 2.21. The third-order valence-corrected chi connectivity index (χ3v) is 5.47. The van der Waals surface area contributed by atoms with E-state index in [1.165, 1.54) is 17.3 Å². The number of nitrogens with zero attached hydrogens (tertiary/aromatic N) is 1. The number of thioether (sulfide) groups is 1. The second-order valence-electron chi connectivity index (χ2n) is 7.31. The smallest absolute Gasteiger partial charge is 0.242 e. The van der Waals surface area contributed by atoms with Gasteiger partial charge in [0, 0.05) is 17.5 Å². The Balaban J connectivity index is 2.16. The second-order valence-corrected chi connectivity index (χ2v) is 8.36. The van der Waals surface area contributed by atoms with Crippen LogP contribution in [0.3, 0.4) is 0 Å². The van der Waals surface area contributed by atoms with Crippen molar-refractivity contribution in [1.82, 2.24) is 10.2 Å². The maximum absolute atomic E-state index is 13.1. The van der Waals surface area contributed by atoms with Crippen molar-refractivity contribution in [3.8, 4) is 5.75 Å². The van der Waals surface area contributed by atoms with Crippen LogP contribution in [-0.2, 0) is 16.1 Å². The molecule has 1 atom stereocenters. The Kier molecular flexibility index (Phi) is 8.58. The van der Waals surface area contributed by atoms with Gasteiger partial charge in [0.05, 0.1) is 12.9 Å². The highest BCUT2D eigenvalue weighted by atomic mass is 32.2. The highest BCUT2D eigenvalue weighted by Gasteiger charge is 2.26. The molecule has 156 valence electrons. The van der Waals surface area contributed by atoms with E-state index in [2.05, 4.69) is 5.32 Å². The van der Waals surface area contributed by atoms with Crippen molar-refractivity contribution in [2.45, 2.75) is 51.2 Å². The lowest BCUT2D eigenvalue weighted by atomic mass is 10.1. The zero-order chi connectivity index (χ0) is 21.4. The van der Waals surface area contributed by atoms with Crippen LogP contribution in [0.15, 0.2) is 53.4 Å². The molecule has 2 aromatic rings. The van der Waals surface area contributed by atoms with Crippen LogP contribution in [0.25, 0.3) is 0 Å².